The maximum atomic E-state index is 6.25. The van der Waals surface area contributed by atoms with Crippen LogP contribution in [0.2, 0.25) is 0 Å². The van der Waals surface area contributed by atoms with E-state index in [2.05, 4.69) is 16.2 Å². The molecule has 0 unspecified atom stereocenters. The Morgan fingerprint density at radius 1 is 1.04 bits per heavy atom. The fourth-order valence-electron chi connectivity index (χ4n) is 3.80. The topological polar surface area (TPSA) is 87.1 Å². The molecule has 2 aromatic heterocycles. The zero-order chi connectivity index (χ0) is 16.1. The second kappa shape index (κ2) is 5.27. The molecule has 122 valence electrons. The van der Waals surface area contributed by atoms with Crippen LogP contribution in [-0.2, 0) is 37.2 Å². The number of hydrogen-bond acceptors (Lipinski definition) is 6. The van der Waals surface area contributed by atoms with Crippen molar-refractivity contribution >= 4 is 16.7 Å². The molecule has 6 heteroatoms. The molecule has 2 aliphatic rings. The van der Waals surface area contributed by atoms with Crippen LogP contribution in [0.15, 0.2) is 16.7 Å². The highest BCUT2D eigenvalue weighted by molar-refractivity contribution is 5.92. The zero-order valence-corrected chi connectivity index (χ0v) is 13.3. The number of aryl methyl sites for hydroxylation is 1. The third-order valence-electron chi connectivity index (χ3n) is 5.00. The molecule has 0 amide bonds. The number of fused-ring (bicyclic) bond motifs is 4. The first-order valence-corrected chi connectivity index (χ1v) is 8.40. The van der Waals surface area contributed by atoms with Crippen molar-refractivity contribution in [1.29, 1.82) is 0 Å². The Bertz CT molecular complexity index is 948. The first-order chi connectivity index (χ1) is 11.8. The second-order valence-electron chi connectivity index (χ2n) is 6.53. The van der Waals surface area contributed by atoms with Gasteiger partial charge in [0.2, 0.25) is 0 Å². The van der Waals surface area contributed by atoms with Crippen molar-refractivity contribution in [3.63, 3.8) is 0 Å². The minimum atomic E-state index is 0.523. The van der Waals surface area contributed by atoms with Gasteiger partial charge in [0, 0.05) is 17.4 Å². The highest BCUT2D eigenvalue weighted by Gasteiger charge is 2.22. The van der Waals surface area contributed by atoms with Gasteiger partial charge < -0.3 is 15.0 Å². The van der Waals surface area contributed by atoms with E-state index in [0.717, 1.165) is 40.8 Å². The number of nitrogen functional groups attached to an aromatic ring is 1. The van der Waals surface area contributed by atoms with E-state index in [-0.39, 0.29) is 0 Å². The van der Waals surface area contributed by atoms with E-state index >= 15 is 0 Å². The number of rotatable bonds is 2. The minimum absolute atomic E-state index is 0.523. The van der Waals surface area contributed by atoms with E-state index in [4.69, 9.17) is 20.0 Å². The van der Waals surface area contributed by atoms with Gasteiger partial charge in [0.1, 0.15) is 17.4 Å². The minimum Gasteiger partial charge on any atom is -0.383 e. The third kappa shape index (κ3) is 2.10. The number of ether oxygens (including phenoxy) is 1. The molecule has 5 rings (SSSR count). The number of nitrogens with two attached hydrogens (primary N) is 1. The van der Waals surface area contributed by atoms with Gasteiger partial charge in [-0.3, -0.25) is 0 Å². The van der Waals surface area contributed by atoms with Crippen molar-refractivity contribution < 1.29 is 9.26 Å². The van der Waals surface area contributed by atoms with Crippen LogP contribution in [0.25, 0.3) is 10.9 Å². The van der Waals surface area contributed by atoms with Crippen molar-refractivity contribution in [2.45, 2.75) is 45.3 Å². The van der Waals surface area contributed by atoms with Crippen LogP contribution in [0.3, 0.4) is 0 Å². The lowest BCUT2D eigenvalue weighted by molar-refractivity contribution is 0.135. The molecule has 1 aliphatic carbocycles. The van der Waals surface area contributed by atoms with E-state index in [0.29, 0.717) is 31.3 Å². The van der Waals surface area contributed by atoms with E-state index in [9.17, 15) is 0 Å². The molecule has 0 atom stereocenters. The summed E-state index contributed by atoms with van der Waals surface area (Å²) >= 11 is 0. The Labute approximate surface area is 139 Å². The van der Waals surface area contributed by atoms with Gasteiger partial charge in [-0.15, -0.1) is 0 Å². The molecule has 0 bridgehead atoms. The molecular formula is C18H18N4O2. The van der Waals surface area contributed by atoms with Crippen molar-refractivity contribution in [3.8, 4) is 0 Å². The molecule has 2 N–H and O–H groups in total. The highest BCUT2D eigenvalue weighted by Crippen LogP contribution is 2.31. The van der Waals surface area contributed by atoms with Gasteiger partial charge in [0.05, 0.1) is 30.8 Å². The molecule has 0 radical (unpaired) electrons. The molecule has 1 aromatic carbocycles. The summed E-state index contributed by atoms with van der Waals surface area (Å²) in [7, 11) is 0. The van der Waals surface area contributed by atoms with Crippen molar-refractivity contribution in [2.75, 3.05) is 5.73 Å². The fourth-order valence-corrected chi connectivity index (χ4v) is 3.80. The summed E-state index contributed by atoms with van der Waals surface area (Å²) in [4.78, 5) is 9.24. The molecule has 3 heterocycles. The lowest BCUT2D eigenvalue weighted by atomic mass is 9.95. The van der Waals surface area contributed by atoms with Crippen LogP contribution in [0.4, 0.5) is 5.82 Å². The van der Waals surface area contributed by atoms with Crippen molar-refractivity contribution in [1.82, 2.24) is 15.1 Å². The Balaban J connectivity index is 1.56. The Hall–Kier alpha value is -2.47. The predicted octanol–water partition coefficient (Wildman–Crippen LogP) is 2.70. The molecular weight excluding hydrogens is 304 g/mol. The van der Waals surface area contributed by atoms with Crippen molar-refractivity contribution in [3.05, 3.63) is 46.1 Å². The summed E-state index contributed by atoms with van der Waals surface area (Å²) in [5, 5.41) is 5.17. The van der Waals surface area contributed by atoms with Gasteiger partial charge in [0.25, 0.3) is 0 Å². The Kier molecular flexibility index (Phi) is 3.06. The average Bonchev–Trinajstić information content (AvgIpc) is 3.22. The van der Waals surface area contributed by atoms with E-state index < -0.39 is 0 Å². The lowest BCUT2D eigenvalue weighted by Gasteiger charge is -2.10. The molecule has 6 nitrogen and oxygen atoms in total. The van der Waals surface area contributed by atoms with Gasteiger partial charge in [0.15, 0.2) is 0 Å². The third-order valence-corrected chi connectivity index (χ3v) is 5.00. The summed E-state index contributed by atoms with van der Waals surface area (Å²) in [6.07, 6.45) is 4.94. The molecule has 1 aliphatic heterocycles. The van der Waals surface area contributed by atoms with Crippen LogP contribution in [0, 0.1) is 0 Å². The number of benzene rings is 1. The van der Waals surface area contributed by atoms with Crippen LogP contribution in [-0.4, -0.2) is 15.1 Å². The average molecular weight is 322 g/mol. The molecule has 0 fully saturated rings. The van der Waals surface area contributed by atoms with Crippen LogP contribution >= 0.6 is 0 Å². The largest absolute Gasteiger partial charge is 0.383 e. The molecule has 24 heavy (non-hydrogen) atoms. The summed E-state index contributed by atoms with van der Waals surface area (Å²) < 4.78 is 11.0. The lowest BCUT2D eigenvalue weighted by Crippen LogP contribution is -2.06. The molecule has 3 aromatic rings. The first kappa shape index (κ1) is 13.9. The second-order valence-corrected chi connectivity index (χ2v) is 6.53. The number of anilines is 1. The van der Waals surface area contributed by atoms with Gasteiger partial charge in [-0.1, -0.05) is 11.2 Å². The quantitative estimate of drug-likeness (QED) is 0.780. The zero-order valence-electron chi connectivity index (χ0n) is 13.3. The van der Waals surface area contributed by atoms with Crippen LogP contribution in [0.1, 0.15) is 46.8 Å². The normalized spacial score (nSPS) is 16.3. The maximum Gasteiger partial charge on any atom is 0.140 e. The van der Waals surface area contributed by atoms with E-state index in [1.807, 2.05) is 6.07 Å². The van der Waals surface area contributed by atoms with Gasteiger partial charge in [-0.25, -0.2) is 9.97 Å². The fraction of sp³-hybridized carbons (Fsp3) is 0.389. The van der Waals surface area contributed by atoms with Crippen molar-refractivity contribution in [2.24, 2.45) is 0 Å². The highest BCUT2D eigenvalue weighted by atomic mass is 16.5. The van der Waals surface area contributed by atoms with Crippen LogP contribution in [0.5, 0.6) is 0 Å². The monoisotopic (exact) mass is 322 g/mol. The molecule has 0 saturated heterocycles. The number of hydrogen-bond donors (Lipinski definition) is 1. The Morgan fingerprint density at radius 3 is 2.92 bits per heavy atom. The predicted molar refractivity (Wildman–Crippen MR) is 88.4 cm³/mol. The summed E-state index contributed by atoms with van der Waals surface area (Å²) in [5.74, 6) is 2.25. The van der Waals surface area contributed by atoms with Gasteiger partial charge in [-0.05, 0) is 36.5 Å². The van der Waals surface area contributed by atoms with Gasteiger partial charge >= 0.3 is 0 Å². The molecule has 0 spiro atoms. The van der Waals surface area contributed by atoms with E-state index in [1.165, 1.54) is 24.0 Å². The SMILES string of the molecule is Nc1nc(Cc2noc3c2CCCC3)nc2ccc3c(c12)COC3. The van der Waals surface area contributed by atoms with E-state index in [1.54, 1.807) is 0 Å². The number of nitrogens with zero attached hydrogens (tertiary/aromatic N) is 3. The summed E-state index contributed by atoms with van der Waals surface area (Å²) in [5.41, 5.74) is 11.6. The first-order valence-electron chi connectivity index (χ1n) is 8.40. The van der Waals surface area contributed by atoms with Crippen LogP contribution < -0.4 is 5.73 Å². The summed E-state index contributed by atoms with van der Waals surface area (Å²) in [6.45, 7) is 1.22. The maximum absolute atomic E-state index is 6.25. The Morgan fingerprint density at radius 2 is 1.96 bits per heavy atom. The van der Waals surface area contributed by atoms with Gasteiger partial charge in [-0.2, -0.15) is 0 Å². The molecule has 0 saturated carbocycles. The standard InChI is InChI=1S/C18H18N4O2/c19-18-17-12-9-23-8-10(12)5-6-13(17)20-16(21-18)7-14-11-3-1-2-4-15(11)24-22-14/h5-6H,1-4,7-9H2,(H2,19,20,21). The number of aromatic nitrogens is 3. The summed E-state index contributed by atoms with van der Waals surface area (Å²) in [6, 6.07) is 4.07. The smallest absolute Gasteiger partial charge is 0.140 e.